The van der Waals surface area contributed by atoms with Gasteiger partial charge in [0.25, 0.3) is 10.6 Å². The number of anilines is 1. The maximum atomic E-state index is 13.1. The summed E-state index contributed by atoms with van der Waals surface area (Å²) >= 11 is 5.01. The van der Waals surface area contributed by atoms with Crippen LogP contribution in [0, 0.1) is 6.92 Å². The minimum absolute atomic E-state index is 0.104. The molecule has 3 aromatic rings. The van der Waals surface area contributed by atoms with Crippen molar-refractivity contribution < 1.29 is 4.57 Å². The van der Waals surface area contributed by atoms with Crippen LogP contribution in [0.4, 0.5) is 5.69 Å². The van der Waals surface area contributed by atoms with Crippen molar-refractivity contribution in [2.75, 3.05) is 11.9 Å². The molecule has 0 aliphatic carbocycles. The summed E-state index contributed by atoms with van der Waals surface area (Å²) in [5, 5.41) is 4.38. The average molecular weight is 417 g/mol. The first kappa shape index (κ1) is 18.5. The minimum Gasteiger partial charge on any atom is -0.337 e. The molecule has 0 bridgehead atoms. The summed E-state index contributed by atoms with van der Waals surface area (Å²) in [7, 11) is 2.04. The van der Waals surface area contributed by atoms with E-state index in [1.54, 1.807) is 34.4 Å². The van der Waals surface area contributed by atoms with Crippen LogP contribution in [0.25, 0.3) is 11.1 Å². The molecule has 0 saturated heterocycles. The Labute approximate surface area is 170 Å². The molecular weight excluding hydrogens is 394 g/mol. The Morgan fingerprint density at radius 2 is 2.00 bits per heavy atom. The topological polar surface area (TPSA) is 29.1 Å². The molecule has 4 nitrogen and oxygen atoms in total. The second kappa shape index (κ2) is 7.30. The average Bonchev–Trinajstić information content (AvgIpc) is 3.29. The van der Waals surface area contributed by atoms with Crippen molar-refractivity contribution in [3.63, 3.8) is 0 Å². The van der Waals surface area contributed by atoms with Crippen LogP contribution in [-0.4, -0.2) is 11.6 Å². The molecule has 7 heteroatoms. The Kier molecular flexibility index (Phi) is 5.01. The van der Waals surface area contributed by atoms with Gasteiger partial charge in [-0.05, 0) is 26.0 Å². The fourth-order valence-electron chi connectivity index (χ4n) is 3.34. The Morgan fingerprint density at radius 3 is 2.70 bits per heavy atom. The van der Waals surface area contributed by atoms with Crippen LogP contribution in [0.3, 0.4) is 0 Å². The first-order chi connectivity index (χ1) is 13.0. The van der Waals surface area contributed by atoms with E-state index >= 15 is 0 Å². The van der Waals surface area contributed by atoms with Gasteiger partial charge in [-0.3, -0.25) is 9.36 Å². The number of aromatic nitrogens is 2. The first-order valence-corrected chi connectivity index (χ1v) is 11.5. The molecule has 0 unspecified atom stereocenters. The highest BCUT2D eigenvalue weighted by Crippen LogP contribution is 2.44. The van der Waals surface area contributed by atoms with Crippen molar-refractivity contribution >= 4 is 51.2 Å². The molecule has 27 heavy (non-hydrogen) atoms. The van der Waals surface area contributed by atoms with Gasteiger partial charge in [-0.2, -0.15) is 4.57 Å². The van der Waals surface area contributed by atoms with E-state index in [4.69, 9.17) is 0 Å². The SMILES string of the molecule is CCn1c(=O)/c(=C2/Sc3ccccc3N2C)s/c1=C/c1scc(C)[n+]1CC. The van der Waals surface area contributed by atoms with E-state index in [0.717, 1.165) is 26.5 Å². The lowest BCUT2D eigenvalue weighted by Gasteiger charge is -2.11. The summed E-state index contributed by atoms with van der Waals surface area (Å²) in [6.45, 7) is 7.92. The number of rotatable bonds is 3. The normalized spacial score (nSPS) is 16.3. The molecular formula is C20H22N3OS3+. The van der Waals surface area contributed by atoms with Crippen molar-refractivity contribution in [2.45, 2.75) is 38.8 Å². The lowest BCUT2D eigenvalue weighted by atomic mass is 10.3. The third kappa shape index (κ3) is 3.07. The number of thioether (sulfide) groups is 1. The zero-order valence-corrected chi connectivity index (χ0v) is 18.3. The Hall–Kier alpha value is -1.83. The van der Waals surface area contributed by atoms with Gasteiger partial charge in [-0.25, -0.2) is 0 Å². The van der Waals surface area contributed by atoms with Gasteiger partial charge >= 0.3 is 0 Å². The predicted molar refractivity (Wildman–Crippen MR) is 116 cm³/mol. The summed E-state index contributed by atoms with van der Waals surface area (Å²) in [5.41, 5.74) is 2.52. The summed E-state index contributed by atoms with van der Waals surface area (Å²) in [6, 6.07) is 8.30. The maximum Gasteiger partial charge on any atom is 0.271 e. The Bertz CT molecular complexity index is 1190. The van der Waals surface area contributed by atoms with Crippen molar-refractivity contribution in [3.8, 4) is 0 Å². The molecule has 1 aliphatic heterocycles. The Morgan fingerprint density at radius 1 is 1.22 bits per heavy atom. The monoisotopic (exact) mass is 416 g/mol. The molecule has 0 atom stereocenters. The number of fused-ring (bicyclic) bond motifs is 1. The molecule has 0 N–H and O–H groups in total. The van der Waals surface area contributed by atoms with Crippen LogP contribution < -0.4 is 24.2 Å². The molecule has 3 heterocycles. The number of benzene rings is 1. The quantitative estimate of drug-likeness (QED) is 0.615. The number of hydrogen-bond donors (Lipinski definition) is 0. The van der Waals surface area contributed by atoms with Gasteiger partial charge in [0.15, 0.2) is 5.69 Å². The summed E-state index contributed by atoms with van der Waals surface area (Å²) in [5.74, 6) is 0. The molecule has 0 saturated carbocycles. The van der Waals surface area contributed by atoms with Crippen LogP contribution in [0.2, 0.25) is 0 Å². The lowest BCUT2D eigenvalue weighted by Crippen LogP contribution is -2.37. The van der Waals surface area contributed by atoms with Crippen LogP contribution >= 0.6 is 34.4 Å². The van der Waals surface area contributed by atoms with Crippen molar-refractivity contribution in [2.24, 2.45) is 0 Å². The van der Waals surface area contributed by atoms with Gasteiger partial charge in [-0.1, -0.05) is 35.2 Å². The fourth-order valence-corrected chi connectivity index (χ4v) is 6.87. The summed E-state index contributed by atoms with van der Waals surface area (Å²) < 4.78 is 6.01. The zero-order chi connectivity index (χ0) is 19.1. The van der Waals surface area contributed by atoms with Crippen LogP contribution in [0.1, 0.15) is 24.5 Å². The fraction of sp³-hybridized carbons (Fsp3) is 0.300. The maximum absolute atomic E-state index is 13.1. The van der Waals surface area contributed by atoms with E-state index in [0.29, 0.717) is 6.54 Å². The smallest absolute Gasteiger partial charge is 0.271 e. The van der Waals surface area contributed by atoms with Crippen molar-refractivity contribution in [3.05, 3.63) is 59.9 Å². The van der Waals surface area contributed by atoms with Gasteiger partial charge in [-0.15, -0.1) is 11.3 Å². The van der Waals surface area contributed by atoms with Gasteiger partial charge < -0.3 is 4.90 Å². The predicted octanol–water partition coefficient (Wildman–Crippen LogP) is 2.74. The summed E-state index contributed by atoms with van der Waals surface area (Å²) in [4.78, 5) is 16.5. The van der Waals surface area contributed by atoms with E-state index in [2.05, 4.69) is 46.9 Å². The number of hydrogen-bond acceptors (Lipinski definition) is 5. The number of thiazole rings is 2. The largest absolute Gasteiger partial charge is 0.337 e. The molecule has 140 valence electrons. The highest BCUT2D eigenvalue weighted by atomic mass is 32.2. The molecule has 0 radical (unpaired) electrons. The van der Waals surface area contributed by atoms with E-state index in [1.165, 1.54) is 15.6 Å². The molecule has 0 fully saturated rings. The Balaban J connectivity index is 1.94. The van der Waals surface area contributed by atoms with Crippen molar-refractivity contribution in [1.82, 2.24) is 4.57 Å². The molecule has 1 aliphatic rings. The zero-order valence-electron chi connectivity index (χ0n) is 15.9. The molecule has 0 spiro atoms. The van der Waals surface area contributed by atoms with E-state index in [9.17, 15) is 4.79 Å². The van der Waals surface area contributed by atoms with E-state index in [-0.39, 0.29) is 5.56 Å². The van der Waals surface area contributed by atoms with Crippen LogP contribution in [0.15, 0.2) is 39.3 Å². The van der Waals surface area contributed by atoms with Gasteiger partial charge in [0.1, 0.15) is 20.8 Å². The number of aryl methyl sites for hydroxylation is 1. The third-order valence-electron chi connectivity index (χ3n) is 4.77. The first-order valence-electron chi connectivity index (χ1n) is 8.99. The second-order valence-corrected chi connectivity index (χ2v) is 9.31. The van der Waals surface area contributed by atoms with Gasteiger partial charge in [0.05, 0.1) is 17.1 Å². The minimum atomic E-state index is 0.104. The molecule has 4 rings (SSSR count). The summed E-state index contributed by atoms with van der Waals surface area (Å²) in [6.07, 6.45) is 2.16. The molecule has 1 aromatic carbocycles. The van der Waals surface area contributed by atoms with Crippen LogP contribution in [0.5, 0.6) is 0 Å². The molecule has 0 amide bonds. The molecule has 2 aromatic heterocycles. The van der Waals surface area contributed by atoms with Crippen molar-refractivity contribution in [1.29, 1.82) is 0 Å². The van der Waals surface area contributed by atoms with Gasteiger partial charge in [0.2, 0.25) is 0 Å². The standard InChI is InChI=1S/C20H22N3OS3/c1-5-22-13(3)12-25-16(22)11-17-23(6-2)19(24)18(27-17)20-21(4)14-9-7-8-10-15(14)26-20/h7-12H,5-6H2,1-4H3/q+1/b20-18-. The highest BCUT2D eigenvalue weighted by Gasteiger charge is 2.24. The number of nitrogens with zero attached hydrogens (tertiary/aromatic N) is 3. The third-order valence-corrected chi connectivity index (χ3v) is 8.29. The lowest BCUT2D eigenvalue weighted by molar-refractivity contribution is -0.696. The van der Waals surface area contributed by atoms with E-state index in [1.807, 2.05) is 30.7 Å². The van der Waals surface area contributed by atoms with Gasteiger partial charge in [0, 0.05) is 25.4 Å². The highest BCUT2D eigenvalue weighted by molar-refractivity contribution is 8.08. The van der Waals surface area contributed by atoms with Crippen LogP contribution in [-0.2, 0) is 13.1 Å². The second-order valence-electron chi connectivity index (χ2n) is 6.36. The number of para-hydroxylation sites is 1. The van der Waals surface area contributed by atoms with E-state index < -0.39 is 0 Å².